The second kappa shape index (κ2) is 13.0. The van der Waals surface area contributed by atoms with Gasteiger partial charge < -0.3 is 20.1 Å². The van der Waals surface area contributed by atoms with E-state index in [9.17, 15) is 13.2 Å². The average Bonchev–Trinajstić information content (AvgIpc) is 3.56. The molecule has 2 aromatic carbocycles. The van der Waals surface area contributed by atoms with Crippen molar-refractivity contribution in [3.8, 4) is 0 Å². The Morgan fingerprint density at radius 1 is 1.07 bits per heavy atom. The molecule has 3 N–H and O–H groups in total. The summed E-state index contributed by atoms with van der Waals surface area (Å²) in [6.45, 7) is 4.56. The van der Waals surface area contributed by atoms with Gasteiger partial charge in [-0.25, -0.2) is 19.3 Å². The molecule has 0 amide bonds. The molecule has 2 aromatic heterocycles. The van der Waals surface area contributed by atoms with Crippen LogP contribution in [0.1, 0.15) is 22.3 Å². The van der Waals surface area contributed by atoms with Crippen molar-refractivity contribution in [1.82, 2.24) is 29.5 Å². The number of carboxylic acid groups (broad SMARTS) is 2. The number of aromatic nitrogens is 4. The fourth-order valence-electron chi connectivity index (χ4n) is 4.97. The summed E-state index contributed by atoms with van der Waals surface area (Å²) in [5, 5.41) is 20.2. The van der Waals surface area contributed by atoms with Crippen LogP contribution in [0.3, 0.4) is 0 Å². The molecule has 13 heteroatoms. The van der Waals surface area contributed by atoms with Crippen molar-refractivity contribution in [3.05, 3.63) is 83.6 Å². The van der Waals surface area contributed by atoms with E-state index in [4.69, 9.17) is 19.8 Å². The van der Waals surface area contributed by atoms with E-state index in [0.29, 0.717) is 24.6 Å². The van der Waals surface area contributed by atoms with E-state index in [1.807, 2.05) is 4.68 Å². The number of likely N-dealkylation sites (tertiary alicyclic amines) is 1. The standard InChI is InChI=1S/C26H29F3N6.C2H2O4/c1-33(12-20-13-34(14-20)16-22-4-2-3-5-24(22)26(27,28)29)9-8-21-11-31-25-7-6-19(10-23(21)25)15-35-18-30-17-32-35;3-1(4)2(5)6/h2-7,10-11,17-18,20,31H,8-9,12-16H2,1H3;(H,3,4)(H,5,6). The van der Waals surface area contributed by atoms with Crippen LogP contribution < -0.4 is 0 Å². The molecule has 0 atom stereocenters. The van der Waals surface area contributed by atoms with Crippen molar-refractivity contribution in [2.75, 3.05) is 33.2 Å². The minimum absolute atomic E-state index is 0.349. The van der Waals surface area contributed by atoms with Gasteiger partial charge in [-0.1, -0.05) is 24.3 Å². The van der Waals surface area contributed by atoms with E-state index in [0.717, 1.165) is 38.1 Å². The summed E-state index contributed by atoms with van der Waals surface area (Å²) in [6.07, 6.45) is 1.97. The molecule has 1 aliphatic heterocycles. The highest BCUT2D eigenvalue weighted by atomic mass is 19.4. The van der Waals surface area contributed by atoms with E-state index in [2.05, 4.69) is 56.3 Å². The summed E-state index contributed by atoms with van der Waals surface area (Å²) >= 11 is 0. The number of carbonyl (C=O) groups is 2. The molecule has 1 aliphatic rings. The minimum Gasteiger partial charge on any atom is -0.473 e. The van der Waals surface area contributed by atoms with Crippen LogP contribution in [0, 0.1) is 5.92 Å². The number of fused-ring (bicyclic) bond motifs is 1. The van der Waals surface area contributed by atoms with Gasteiger partial charge in [-0.2, -0.15) is 18.3 Å². The first kappa shape index (κ1) is 29.7. The summed E-state index contributed by atoms with van der Waals surface area (Å²) in [6, 6.07) is 12.3. The molecule has 0 unspecified atom stereocenters. The third kappa shape index (κ3) is 8.14. The van der Waals surface area contributed by atoms with E-state index < -0.39 is 23.7 Å². The van der Waals surface area contributed by atoms with Gasteiger partial charge in [0.2, 0.25) is 0 Å². The lowest BCUT2D eigenvalue weighted by atomic mass is 9.97. The van der Waals surface area contributed by atoms with E-state index in [-0.39, 0.29) is 0 Å². The van der Waals surface area contributed by atoms with Crippen molar-refractivity contribution in [2.24, 2.45) is 5.92 Å². The summed E-state index contributed by atoms with van der Waals surface area (Å²) in [4.78, 5) is 30.0. The van der Waals surface area contributed by atoms with Crippen molar-refractivity contribution in [2.45, 2.75) is 25.7 Å². The fraction of sp³-hybridized carbons (Fsp3) is 0.357. The molecular weight excluding hydrogens is 541 g/mol. The minimum atomic E-state index is -4.30. The number of alkyl halides is 3. The van der Waals surface area contributed by atoms with Crippen molar-refractivity contribution in [1.29, 1.82) is 0 Å². The average molecular weight is 573 g/mol. The van der Waals surface area contributed by atoms with Crippen LogP contribution in [-0.2, 0) is 35.3 Å². The highest BCUT2D eigenvalue weighted by Gasteiger charge is 2.35. The van der Waals surface area contributed by atoms with Gasteiger partial charge in [0, 0.05) is 49.8 Å². The van der Waals surface area contributed by atoms with Gasteiger partial charge in [0.15, 0.2) is 0 Å². The van der Waals surface area contributed by atoms with Crippen LogP contribution in [0.4, 0.5) is 13.2 Å². The maximum absolute atomic E-state index is 13.2. The van der Waals surface area contributed by atoms with Crippen LogP contribution in [0.15, 0.2) is 61.3 Å². The molecule has 1 fully saturated rings. The van der Waals surface area contributed by atoms with Gasteiger partial charge in [-0.05, 0) is 54.3 Å². The summed E-state index contributed by atoms with van der Waals surface area (Å²) < 4.78 is 41.5. The monoisotopic (exact) mass is 572 g/mol. The zero-order chi connectivity index (χ0) is 29.6. The van der Waals surface area contributed by atoms with Crippen LogP contribution in [0.2, 0.25) is 0 Å². The molecule has 10 nitrogen and oxygen atoms in total. The predicted octanol–water partition coefficient (Wildman–Crippen LogP) is 3.59. The first-order valence-electron chi connectivity index (χ1n) is 12.9. The normalized spacial score (nSPS) is 14.1. The fourth-order valence-corrected chi connectivity index (χ4v) is 4.97. The first-order chi connectivity index (χ1) is 19.5. The van der Waals surface area contributed by atoms with E-state index >= 15 is 0 Å². The maximum Gasteiger partial charge on any atom is 0.416 e. The van der Waals surface area contributed by atoms with Gasteiger partial charge in [0.1, 0.15) is 12.7 Å². The molecule has 0 aliphatic carbocycles. The third-order valence-corrected chi connectivity index (χ3v) is 6.91. The zero-order valence-electron chi connectivity index (χ0n) is 22.4. The number of nitrogens with zero attached hydrogens (tertiary/aromatic N) is 5. The number of aromatic amines is 1. The molecule has 4 aromatic rings. The van der Waals surface area contributed by atoms with Crippen molar-refractivity contribution in [3.63, 3.8) is 0 Å². The summed E-state index contributed by atoms with van der Waals surface area (Å²) in [5.41, 5.74) is 3.42. The lowest BCUT2D eigenvalue weighted by Gasteiger charge is -2.41. The largest absolute Gasteiger partial charge is 0.473 e. The van der Waals surface area contributed by atoms with Crippen LogP contribution in [0.5, 0.6) is 0 Å². The van der Waals surface area contributed by atoms with E-state index in [1.54, 1.807) is 24.8 Å². The number of carboxylic acids is 2. The Labute approximate surface area is 234 Å². The van der Waals surface area contributed by atoms with Gasteiger partial charge in [0.25, 0.3) is 0 Å². The van der Waals surface area contributed by atoms with Gasteiger partial charge in [0.05, 0.1) is 12.1 Å². The smallest absolute Gasteiger partial charge is 0.416 e. The molecule has 0 radical (unpaired) electrons. The SMILES string of the molecule is CN(CCc1c[nH]c2ccc(Cn3cncn3)cc12)CC1CN(Cc2ccccc2C(F)(F)F)C1.O=C(O)C(=O)O. The van der Waals surface area contributed by atoms with Gasteiger partial charge in [-0.3, -0.25) is 4.90 Å². The first-order valence-corrected chi connectivity index (χ1v) is 12.9. The predicted molar refractivity (Wildman–Crippen MR) is 144 cm³/mol. The summed E-state index contributed by atoms with van der Waals surface area (Å²) in [7, 11) is 2.12. The van der Waals surface area contributed by atoms with Gasteiger partial charge in [-0.15, -0.1) is 0 Å². The number of rotatable bonds is 9. The van der Waals surface area contributed by atoms with Crippen molar-refractivity contribution >= 4 is 22.8 Å². The number of hydrogen-bond acceptors (Lipinski definition) is 6. The molecule has 0 saturated carbocycles. The quantitative estimate of drug-likeness (QED) is 0.260. The molecular formula is C28H31F3N6O4. The molecule has 41 heavy (non-hydrogen) atoms. The van der Waals surface area contributed by atoms with E-state index in [1.165, 1.54) is 28.6 Å². The molecule has 0 spiro atoms. The number of halogens is 3. The second-order valence-electron chi connectivity index (χ2n) is 10.1. The lowest BCUT2D eigenvalue weighted by Crippen LogP contribution is -2.50. The number of likely N-dealkylation sites (N-methyl/N-ethyl adjacent to an activating group) is 1. The number of benzene rings is 2. The molecule has 218 valence electrons. The molecule has 5 rings (SSSR count). The highest BCUT2D eigenvalue weighted by molar-refractivity contribution is 6.27. The molecule has 3 heterocycles. The highest BCUT2D eigenvalue weighted by Crippen LogP contribution is 2.33. The number of H-pyrrole nitrogens is 1. The summed E-state index contributed by atoms with van der Waals surface area (Å²) in [5.74, 6) is -3.17. The zero-order valence-corrected chi connectivity index (χ0v) is 22.4. The molecule has 0 bridgehead atoms. The topological polar surface area (TPSA) is 128 Å². The Morgan fingerprint density at radius 3 is 2.46 bits per heavy atom. The number of nitrogens with one attached hydrogen (secondary N) is 1. The second-order valence-corrected chi connectivity index (χ2v) is 10.1. The Hall–Kier alpha value is -4.23. The third-order valence-electron chi connectivity index (χ3n) is 6.91. The number of hydrogen-bond donors (Lipinski definition) is 3. The lowest BCUT2D eigenvalue weighted by molar-refractivity contribution is -0.159. The van der Waals surface area contributed by atoms with Crippen molar-refractivity contribution < 1.29 is 33.0 Å². The number of aliphatic carboxylic acids is 2. The van der Waals surface area contributed by atoms with Crippen LogP contribution in [0.25, 0.3) is 10.9 Å². The van der Waals surface area contributed by atoms with Gasteiger partial charge >= 0.3 is 18.1 Å². The Bertz CT molecular complexity index is 1450. The Morgan fingerprint density at radius 2 is 1.80 bits per heavy atom. The Kier molecular flexibility index (Phi) is 9.40. The Balaban J connectivity index is 0.000000585. The van der Waals surface area contributed by atoms with Crippen LogP contribution >= 0.6 is 0 Å². The van der Waals surface area contributed by atoms with Crippen LogP contribution in [-0.4, -0.2) is 84.9 Å². The molecule has 1 saturated heterocycles. The maximum atomic E-state index is 13.2.